The molecule has 38 heavy (non-hydrogen) atoms. The molecule has 0 aliphatic carbocycles. The van der Waals surface area contributed by atoms with Crippen LogP contribution in [0.25, 0.3) is 22.3 Å². The number of fused-ring (bicyclic) bond motifs is 2. The summed E-state index contributed by atoms with van der Waals surface area (Å²) in [6.45, 7) is 2.24. The summed E-state index contributed by atoms with van der Waals surface area (Å²) >= 11 is 0. The summed E-state index contributed by atoms with van der Waals surface area (Å²) in [6, 6.07) is 7.92. The maximum Gasteiger partial charge on any atom is 0.490 e. The maximum atomic E-state index is 10.7. The highest BCUT2D eigenvalue weighted by Crippen LogP contribution is 2.29. The van der Waals surface area contributed by atoms with Crippen LogP contribution < -0.4 is 15.4 Å². The van der Waals surface area contributed by atoms with Gasteiger partial charge in [0.05, 0.1) is 5.52 Å². The van der Waals surface area contributed by atoms with Crippen LogP contribution in [0.5, 0.6) is 5.75 Å². The highest BCUT2D eigenvalue weighted by atomic mass is 19.4. The van der Waals surface area contributed by atoms with E-state index in [2.05, 4.69) is 31.7 Å². The Balaban J connectivity index is 0.000000301. The molecular formula is C20H17F6N5O7. The number of pyridine rings is 1. The van der Waals surface area contributed by atoms with E-state index in [4.69, 9.17) is 29.6 Å². The summed E-state index contributed by atoms with van der Waals surface area (Å²) in [5.74, 6) is -4.46. The quantitative estimate of drug-likeness (QED) is 0.257. The van der Waals surface area contributed by atoms with E-state index in [-0.39, 0.29) is 5.95 Å². The van der Waals surface area contributed by atoms with Crippen LogP contribution in [0.1, 0.15) is 5.56 Å². The number of imidazole rings is 1. The van der Waals surface area contributed by atoms with Crippen molar-refractivity contribution in [2.75, 3.05) is 18.5 Å². The minimum atomic E-state index is -5.08. The number of carbonyl (C=O) groups is 3. The highest BCUT2D eigenvalue weighted by molar-refractivity contribution is 5.85. The Hall–Kier alpha value is -4.61. The average molecular weight is 553 g/mol. The first-order valence-electron chi connectivity index (χ1n) is 10.0. The van der Waals surface area contributed by atoms with E-state index in [1.807, 2.05) is 18.2 Å². The van der Waals surface area contributed by atoms with Gasteiger partial charge in [0, 0.05) is 30.4 Å². The number of amides is 1. The van der Waals surface area contributed by atoms with Crippen LogP contribution >= 0.6 is 0 Å². The number of aromatic nitrogens is 3. The molecule has 1 aliphatic rings. The zero-order chi connectivity index (χ0) is 28.7. The molecule has 4 rings (SSSR count). The molecule has 0 saturated heterocycles. The van der Waals surface area contributed by atoms with Gasteiger partial charge in [-0.1, -0.05) is 6.07 Å². The fourth-order valence-corrected chi connectivity index (χ4v) is 2.71. The van der Waals surface area contributed by atoms with Crippen LogP contribution in [-0.4, -0.2) is 73.8 Å². The number of ether oxygens (including phenoxy) is 1. The van der Waals surface area contributed by atoms with Gasteiger partial charge in [-0.15, -0.1) is 0 Å². The monoisotopic (exact) mass is 553 g/mol. The molecule has 6 N–H and O–H groups in total. The molecule has 0 radical (unpaired) electrons. The number of alkyl halides is 6. The predicted molar refractivity (Wildman–Crippen MR) is 116 cm³/mol. The van der Waals surface area contributed by atoms with Crippen molar-refractivity contribution in [2.45, 2.75) is 18.9 Å². The maximum absolute atomic E-state index is 10.7. The number of rotatable bonds is 2. The van der Waals surface area contributed by atoms with Gasteiger partial charge in [-0.2, -0.15) is 31.3 Å². The van der Waals surface area contributed by atoms with Crippen molar-refractivity contribution in [3.05, 3.63) is 36.0 Å². The Morgan fingerprint density at radius 2 is 1.55 bits per heavy atom. The van der Waals surface area contributed by atoms with Crippen LogP contribution in [0.2, 0.25) is 0 Å². The molecule has 1 aromatic carbocycles. The molecule has 3 heterocycles. The topological polar surface area (TPSA) is 187 Å². The molecule has 0 bridgehead atoms. The van der Waals surface area contributed by atoms with Crippen LogP contribution in [0, 0.1) is 0 Å². The number of aliphatic carboxylic acids is 2. The lowest BCUT2D eigenvalue weighted by atomic mass is 10.0. The Labute approximate surface area is 207 Å². The second kappa shape index (κ2) is 12.1. The fourth-order valence-electron chi connectivity index (χ4n) is 2.71. The number of halogens is 6. The summed E-state index contributed by atoms with van der Waals surface area (Å²) in [5.41, 5.74) is 4.16. The van der Waals surface area contributed by atoms with Gasteiger partial charge in [0.25, 0.3) is 0 Å². The van der Waals surface area contributed by atoms with Crippen molar-refractivity contribution < 1.29 is 60.8 Å². The first kappa shape index (κ1) is 29.6. The molecule has 0 saturated carbocycles. The third-order valence-corrected chi connectivity index (χ3v) is 4.29. The molecule has 3 aromatic rings. The zero-order valence-corrected chi connectivity index (χ0v) is 18.6. The van der Waals surface area contributed by atoms with Gasteiger partial charge in [0.1, 0.15) is 12.4 Å². The molecule has 0 spiro atoms. The number of anilines is 1. The normalized spacial score (nSPS) is 12.9. The first-order valence-corrected chi connectivity index (χ1v) is 10.0. The van der Waals surface area contributed by atoms with Crippen LogP contribution in [0.3, 0.4) is 0 Å². The molecule has 1 amide bonds. The minimum Gasteiger partial charge on any atom is -0.492 e. The van der Waals surface area contributed by atoms with E-state index in [1.54, 1.807) is 6.20 Å². The second-order valence-corrected chi connectivity index (χ2v) is 7.06. The Morgan fingerprint density at radius 1 is 0.947 bits per heavy atom. The Bertz CT molecular complexity index is 1290. The van der Waals surface area contributed by atoms with Crippen LogP contribution in [0.4, 0.5) is 37.1 Å². The van der Waals surface area contributed by atoms with Gasteiger partial charge in [-0.05, 0) is 23.8 Å². The number of benzene rings is 1. The van der Waals surface area contributed by atoms with Crippen molar-refractivity contribution in [2.24, 2.45) is 0 Å². The van der Waals surface area contributed by atoms with Crippen molar-refractivity contribution in [3.8, 4) is 16.9 Å². The summed E-state index contributed by atoms with van der Waals surface area (Å²) in [7, 11) is 0. The number of aromatic amines is 1. The zero-order valence-electron chi connectivity index (χ0n) is 18.6. The van der Waals surface area contributed by atoms with E-state index in [1.165, 1.54) is 0 Å². The molecule has 2 aromatic heterocycles. The van der Waals surface area contributed by atoms with Crippen molar-refractivity contribution in [1.82, 2.24) is 20.3 Å². The molecule has 12 nitrogen and oxygen atoms in total. The van der Waals surface area contributed by atoms with Crippen molar-refractivity contribution in [1.29, 1.82) is 0 Å². The third-order valence-electron chi connectivity index (χ3n) is 4.29. The molecule has 0 unspecified atom stereocenters. The average Bonchev–Trinajstić information content (AvgIpc) is 3.04. The summed E-state index contributed by atoms with van der Waals surface area (Å²) < 4.78 is 69.2. The standard InChI is InChI=1S/C16H15N5O3.2C2HF3O2/c22-16(23)21-15-19-12-6-10(8-18-14(12)20-15)9-1-2-13-11(5-9)7-17-3-4-24-13;2*3-2(4,5)1(6)7/h1-2,5-6,8,17H,3-4,7H2,(H,22,23)(H2,18,19,20,21);2*(H,6,7). The van der Waals surface area contributed by atoms with Gasteiger partial charge in [-0.25, -0.2) is 19.4 Å². The number of carboxylic acid groups (broad SMARTS) is 3. The number of H-pyrrole nitrogens is 1. The summed E-state index contributed by atoms with van der Waals surface area (Å²) in [5, 5.41) is 28.5. The van der Waals surface area contributed by atoms with E-state index in [9.17, 15) is 31.1 Å². The highest BCUT2D eigenvalue weighted by Gasteiger charge is 2.38. The number of hydrogen-bond donors (Lipinski definition) is 6. The number of nitrogens with zero attached hydrogens (tertiary/aromatic N) is 2. The molecule has 0 atom stereocenters. The van der Waals surface area contributed by atoms with Crippen LogP contribution in [0.15, 0.2) is 30.5 Å². The third kappa shape index (κ3) is 8.80. The number of hydrogen-bond acceptors (Lipinski definition) is 7. The summed E-state index contributed by atoms with van der Waals surface area (Å²) in [6.07, 6.45) is -9.62. The van der Waals surface area contributed by atoms with Crippen LogP contribution in [-0.2, 0) is 16.1 Å². The van der Waals surface area contributed by atoms with Gasteiger partial charge in [-0.3, -0.25) is 5.32 Å². The van der Waals surface area contributed by atoms with Gasteiger partial charge in [0.2, 0.25) is 5.95 Å². The summed E-state index contributed by atoms with van der Waals surface area (Å²) in [4.78, 5) is 39.8. The predicted octanol–water partition coefficient (Wildman–Crippen LogP) is 3.46. The Morgan fingerprint density at radius 3 is 2.11 bits per heavy atom. The molecule has 18 heteroatoms. The molecule has 206 valence electrons. The van der Waals surface area contributed by atoms with E-state index in [0.717, 1.165) is 35.5 Å². The van der Waals surface area contributed by atoms with E-state index in [0.29, 0.717) is 17.8 Å². The largest absolute Gasteiger partial charge is 0.492 e. The van der Waals surface area contributed by atoms with E-state index >= 15 is 0 Å². The first-order chi connectivity index (χ1) is 17.6. The Kier molecular flexibility index (Phi) is 9.42. The van der Waals surface area contributed by atoms with Gasteiger partial charge >= 0.3 is 30.4 Å². The van der Waals surface area contributed by atoms with Gasteiger partial charge < -0.3 is 30.4 Å². The SMILES string of the molecule is O=C(O)C(F)(F)F.O=C(O)C(F)(F)F.O=C(O)Nc1nc2ncc(-c3ccc4c(c3)CNCCO4)cc2[nH]1. The minimum absolute atomic E-state index is 0.154. The number of carboxylic acids is 2. The lowest BCUT2D eigenvalue weighted by molar-refractivity contribution is -0.193. The fraction of sp³-hybridized carbons (Fsp3) is 0.250. The lowest BCUT2D eigenvalue weighted by Gasteiger charge is -2.09. The molecule has 0 fully saturated rings. The number of nitrogens with one attached hydrogen (secondary N) is 3. The molecule has 1 aliphatic heterocycles. The second-order valence-electron chi connectivity index (χ2n) is 7.06. The van der Waals surface area contributed by atoms with Crippen molar-refractivity contribution >= 4 is 35.1 Å². The lowest BCUT2D eigenvalue weighted by Crippen LogP contribution is -2.21. The van der Waals surface area contributed by atoms with Gasteiger partial charge in [0.15, 0.2) is 5.65 Å². The van der Waals surface area contributed by atoms with E-state index < -0.39 is 30.4 Å². The molecular weight excluding hydrogens is 536 g/mol. The smallest absolute Gasteiger partial charge is 0.490 e. The van der Waals surface area contributed by atoms with Crippen molar-refractivity contribution in [3.63, 3.8) is 0 Å².